The Hall–Kier alpha value is -2.90. The molecule has 0 bridgehead atoms. The number of alkyl halides is 1. The summed E-state index contributed by atoms with van der Waals surface area (Å²) in [5.74, 6) is -1.33. The zero-order valence-electron chi connectivity index (χ0n) is 22.0. The van der Waals surface area contributed by atoms with Crippen LogP contribution in [0.5, 0.6) is 5.75 Å². The number of hydrogen-bond donors (Lipinski definition) is 3. The van der Waals surface area contributed by atoms with Crippen molar-refractivity contribution in [2.45, 2.75) is 82.2 Å². The van der Waals surface area contributed by atoms with Gasteiger partial charge in [0.05, 0.1) is 6.61 Å². The summed E-state index contributed by atoms with van der Waals surface area (Å²) in [5, 5.41) is 13.1. The Balaban J connectivity index is 1.49. The standard InChI is InChI=1S/C25H32F2N3O9P/c1-15(22(33)37-17-6-4-3-5-7-17)29-40(35,39-18-10-8-16(26)9-11-18)36-14-19-21(32)25(2,27)23(38-19)30-13-12-20(31)28-24(30)34/h8-13,15,17,19,21,23,32H,3-7,14H2,1-2H3,(H,29,35)(H,28,31,34)/t15-,19+,21-,23+,25+,40?/m0/s1. The highest BCUT2D eigenvalue weighted by Crippen LogP contribution is 2.47. The normalized spacial score (nSPS) is 27.6. The van der Waals surface area contributed by atoms with E-state index in [1.165, 1.54) is 19.1 Å². The third-order valence-corrected chi connectivity index (χ3v) is 8.45. The first-order chi connectivity index (χ1) is 18.9. The lowest BCUT2D eigenvalue weighted by Gasteiger charge is -2.27. The molecule has 0 spiro atoms. The van der Waals surface area contributed by atoms with E-state index in [2.05, 4.69) is 5.09 Å². The molecule has 2 aliphatic rings. The van der Waals surface area contributed by atoms with Gasteiger partial charge < -0.3 is 19.1 Å². The molecule has 0 amide bonds. The number of halogens is 2. The third kappa shape index (κ3) is 7.05. The fraction of sp³-hybridized carbons (Fsp3) is 0.560. The van der Waals surface area contributed by atoms with E-state index in [-0.39, 0.29) is 11.9 Å². The number of nitrogens with one attached hydrogen (secondary N) is 2. The van der Waals surface area contributed by atoms with E-state index in [0.29, 0.717) is 0 Å². The van der Waals surface area contributed by atoms with E-state index < -0.39 is 67.5 Å². The van der Waals surface area contributed by atoms with Crippen LogP contribution in [0.4, 0.5) is 8.78 Å². The molecule has 3 N–H and O–H groups in total. The zero-order chi connectivity index (χ0) is 29.1. The van der Waals surface area contributed by atoms with E-state index in [9.17, 15) is 28.4 Å². The van der Waals surface area contributed by atoms with Gasteiger partial charge in [0.25, 0.3) is 5.56 Å². The molecule has 1 aliphatic carbocycles. The van der Waals surface area contributed by atoms with Crippen molar-refractivity contribution in [1.29, 1.82) is 0 Å². The average molecular weight is 588 g/mol. The predicted octanol–water partition coefficient (Wildman–Crippen LogP) is 2.72. The number of aliphatic hydroxyl groups is 1. The molecule has 1 aromatic heterocycles. The summed E-state index contributed by atoms with van der Waals surface area (Å²) in [6, 6.07) is 4.32. The average Bonchev–Trinajstić information content (AvgIpc) is 3.13. The van der Waals surface area contributed by atoms with Gasteiger partial charge in [-0.15, -0.1) is 0 Å². The number of aromatic nitrogens is 2. The van der Waals surface area contributed by atoms with Gasteiger partial charge >= 0.3 is 19.4 Å². The SMILES string of the molecule is C[C@H](NP(=O)(OC[C@H]1O[C@@H](n2ccc(=O)[nH]c2=O)[C@](C)(F)[C@H]1O)Oc1ccc(F)cc1)C(=O)OC1CCCCC1. The zero-order valence-corrected chi connectivity index (χ0v) is 22.9. The summed E-state index contributed by atoms with van der Waals surface area (Å²) in [7, 11) is -4.45. The second-order valence-corrected chi connectivity index (χ2v) is 11.7. The van der Waals surface area contributed by atoms with Crippen LogP contribution in [0.25, 0.3) is 0 Å². The van der Waals surface area contributed by atoms with E-state index in [1.807, 2.05) is 4.98 Å². The van der Waals surface area contributed by atoms with Gasteiger partial charge in [0.2, 0.25) is 0 Å². The van der Waals surface area contributed by atoms with Crippen LogP contribution in [0.1, 0.15) is 52.2 Å². The molecule has 1 aromatic carbocycles. The van der Waals surface area contributed by atoms with E-state index in [1.54, 1.807) is 0 Å². The lowest BCUT2D eigenvalue weighted by atomic mass is 9.98. The maximum Gasteiger partial charge on any atom is 0.459 e. The Bertz CT molecular complexity index is 1340. The van der Waals surface area contributed by atoms with Crippen LogP contribution in [0.3, 0.4) is 0 Å². The molecular formula is C25H32F2N3O9P. The molecule has 220 valence electrons. The lowest BCUT2D eigenvalue weighted by molar-refractivity contribution is -0.152. The molecule has 1 unspecified atom stereocenters. The fourth-order valence-electron chi connectivity index (χ4n) is 4.60. The second kappa shape index (κ2) is 12.3. The first-order valence-corrected chi connectivity index (χ1v) is 14.4. The summed E-state index contributed by atoms with van der Waals surface area (Å²) in [4.78, 5) is 38.3. The Morgan fingerprint density at radius 2 is 1.93 bits per heavy atom. The molecule has 40 heavy (non-hydrogen) atoms. The maximum atomic E-state index is 15.5. The van der Waals surface area contributed by atoms with Crippen molar-refractivity contribution in [3.05, 3.63) is 63.2 Å². The lowest BCUT2D eigenvalue weighted by Crippen LogP contribution is -2.44. The number of esters is 1. The van der Waals surface area contributed by atoms with Crippen LogP contribution in [-0.2, 0) is 23.4 Å². The Morgan fingerprint density at radius 1 is 1.25 bits per heavy atom. The highest BCUT2D eigenvalue weighted by molar-refractivity contribution is 7.52. The first kappa shape index (κ1) is 30.1. The predicted molar refractivity (Wildman–Crippen MR) is 137 cm³/mol. The number of rotatable bonds is 10. The van der Waals surface area contributed by atoms with Crippen LogP contribution < -0.4 is 20.9 Å². The monoisotopic (exact) mass is 587 g/mol. The van der Waals surface area contributed by atoms with E-state index in [0.717, 1.165) is 68.0 Å². The Morgan fingerprint density at radius 3 is 2.58 bits per heavy atom. The summed E-state index contributed by atoms with van der Waals surface area (Å²) in [6.07, 6.45) is 0.145. The molecule has 1 saturated heterocycles. The van der Waals surface area contributed by atoms with Gasteiger partial charge in [-0.1, -0.05) is 6.42 Å². The molecule has 2 fully saturated rings. The Kier molecular flexibility index (Phi) is 9.26. The van der Waals surface area contributed by atoms with Crippen LogP contribution in [-0.4, -0.2) is 57.3 Å². The number of carbonyl (C=O) groups is 1. The van der Waals surface area contributed by atoms with Crippen LogP contribution in [0.2, 0.25) is 0 Å². The van der Waals surface area contributed by atoms with E-state index in [4.69, 9.17) is 18.5 Å². The fourth-order valence-corrected chi connectivity index (χ4v) is 6.10. The van der Waals surface area contributed by atoms with Gasteiger partial charge in [0.1, 0.15) is 35.9 Å². The topological polar surface area (TPSA) is 158 Å². The third-order valence-electron chi connectivity index (χ3n) is 6.81. The number of ether oxygens (including phenoxy) is 2. The molecule has 2 heterocycles. The molecular weight excluding hydrogens is 555 g/mol. The molecule has 15 heteroatoms. The number of H-pyrrole nitrogens is 1. The van der Waals surface area contributed by atoms with Gasteiger partial charge in [-0.3, -0.25) is 23.7 Å². The van der Waals surface area contributed by atoms with E-state index >= 15 is 4.39 Å². The van der Waals surface area contributed by atoms with Crippen molar-refractivity contribution in [3.63, 3.8) is 0 Å². The number of hydrogen-bond acceptors (Lipinski definition) is 9. The van der Waals surface area contributed by atoms with Gasteiger partial charge in [-0.2, -0.15) is 5.09 Å². The van der Waals surface area contributed by atoms with Gasteiger partial charge in [0.15, 0.2) is 11.9 Å². The minimum absolute atomic E-state index is 0.0639. The summed E-state index contributed by atoms with van der Waals surface area (Å²) in [5.41, 5.74) is -4.20. The van der Waals surface area contributed by atoms with Gasteiger partial charge in [0, 0.05) is 12.3 Å². The molecule has 1 aliphatic heterocycles. The van der Waals surface area contributed by atoms with Crippen molar-refractivity contribution >= 4 is 13.7 Å². The summed E-state index contributed by atoms with van der Waals surface area (Å²) >= 11 is 0. The largest absolute Gasteiger partial charge is 0.461 e. The van der Waals surface area contributed by atoms with Gasteiger partial charge in [-0.25, -0.2) is 18.1 Å². The van der Waals surface area contributed by atoms with Crippen LogP contribution in [0, 0.1) is 5.82 Å². The van der Waals surface area contributed by atoms with Crippen molar-refractivity contribution < 1.29 is 41.8 Å². The van der Waals surface area contributed by atoms with Crippen LogP contribution >= 0.6 is 7.75 Å². The molecule has 6 atom stereocenters. The smallest absolute Gasteiger partial charge is 0.459 e. The quantitative estimate of drug-likeness (QED) is 0.279. The number of nitrogens with zero attached hydrogens (tertiary/aromatic N) is 1. The van der Waals surface area contributed by atoms with Crippen molar-refractivity contribution in [1.82, 2.24) is 14.6 Å². The maximum absolute atomic E-state index is 15.5. The molecule has 12 nitrogen and oxygen atoms in total. The number of aromatic amines is 1. The van der Waals surface area contributed by atoms with Crippen molar-refractivity contribution in [3.8, 4) is 5.75 Å². The highest BCUT2D eigenvalue weighted by atomic mass is 31.2. The second-order valence-electron chi connectivity index (χ2n) is 10.0. The van der Waals surface area contributed by atoms with Crippen LogP contribution in [0.15, 0.2) is 46.1 Å². The number of benzene rings is 1. The minimum atomic E-state index is -4.45. The number of carbonyl (C=O) groups excluding carboxylic acids is 1. The molecule has 0 radical (unpaired) electrons. The Labute approximate surface area is 228 Å². The molecule has 1 saturated carbocycles. The highest BCUT2D eigenvalue weighted by Gasteiger charge is 2.56. The number of aliphatic hydroxyl groups excluding tert-OH is 1. The summed E-state index contributed by atoms with van der Waals surface area (Å²) < 4.78 is 65.5. The summed E-state index contributed by atoms with van der Waals surface area (Å²) in [6.45, 7) is 1.69. The minimum Gasteiger partial charge on any atom is -0.461 e. The first-order valence-electron chi connectivity index (χ1n) is 12.9. The van der Waals surface area contributed by atoms with Crippen molar-refractivity contribution in [2.75, 3.05) is 6.61 Å². The molecule has 4 rings (SSSR count). The molecule has 2 aromatic rings. The van der Waals surface area contributed by atoms with Crippen molar-refractivity contribution in [2.24, 2.45) is 0 Å². The van der Waals surface area contributed by atoms with Gasteiger partial charge in [-0.05, 0) is 63.8 Å².